The van der Waals surface area contributed by atoms with Crippen molar-refractivity contribution in [1.82, 2.24) is 0 Å². The summed E-state index contributed by atoms with van der Waals surface area (Å²) in [6.45, 7) is 1.60. The summed E-state index contributed by atoms with van der Waals surface area (Å²) in [6.07, 6.45) is -0.00843. The van der Waals surface area contributed by atoms with Crippen LogP contribution in [0.15, 0.2) is 22.7 Å². The zero-order valence-electron chi connectivity index (χ0n) is 8.84. The number of rotatable bonds is 4. The molecular weight excluding hydrogens is 277 g/mol. The second-order valence-electron chi connectivity index (χ2n) is 3.53. The lowest BCUT2D eigenvalue weighted by atomic mass is 10.2. The lowest BCUT2D eigenvalue weighted by Gasteiger charge is -2.09. The van der Waals surface area contributed by atoms with Crippen LogP contribution in [0.1, 0.15) is 19.8 Å². The van der Waals surface area contributed by atoms with E-state index < -0.39 is 11.9 Å². The molecule has 1 unspecified atom stereocenters. The molecule has 1 aromatic carbocycles. The zero-order chi connectivity index (χ0) is 12.1. The van der Waals surface area contributed by atoms with E-state index in [0.717, 1.165) is 0 Å². The van der Waals surface area contributed by atoms with Crippen LogP contribution in [0.5, 0.6) is 0 Å². The molecule has 0 aliphatic heterocycles. The van der Waals surface area contributed by atoms with Crippen LogP contribution in [0.3, 0.4) is 0 Å². The van der Waals surface area contributed by atoms with Crippen LogP contribution in [0, 0.1) is 5.82 Å². The van der Waals surface area contributed by atoms with Gasteiger partial charge in [0.2, 0.25) is 5.91 Å². The summed E-state index contributed by atoms with van der Waals surface area (Å²) in [5, 5.41) is 11.5. The number of aliphatic hydroxyl groups excluding tert-OH is 1. The van der Waals surface area contributed by atoms with E-state index >= 15 is 0 Å². The predicted octanol–water partition coefficient (Wildman–Crippen LogP) is 2.69. The number of aliphatic hydroxyl groups is 1. The van der Waals surface area contributed by atoms with Crippen molar-refractivity contribution in [1.29, 1.82) is 0 Å². The van der Waals surface area contributed by atoms with Gasteiger partial charge in [-0.1, -0.05) is 6.07 Å². The molecule has 0 saturated heterocycles. The minimum absolute atomic E-state index is 0.137. The maximum Gasteiger partial charge on any atom is 0.224 e. The summed E-state index contributed by atoms with van der Waals surface area (Å²) in [5.74, 6) is -0.800. The van der Waals surface area contributed by atoms with Gasteiger partial charge in [-0.2, -0.15) is 0 Å². The second kappa shape index (κ2) is 5.96. The Morgan fingerprint density at radius 2 is 2.31 bits per heavy atom. The second-order valence-corrected chi connectivity index (χ2v) is 4.39. The van der Waals surface area contributed by atoms with Crippen LogP contribution < -0.4 is 5.32 Å². The molecule has 0 heterocycles. The molecule has 2 N–H and O–H groups in total. The quantitative estimate of drug-likeness (QED) is 0.895. The number of halogens is 2. The monoisotopic (exact) mass is 289 g/mol. The maximum absolute atomic E-state index is 13.3. The van der Waals surface area contributed by atoms with E-state index in [-0.39, 0.29) is 18.0 Å². The molecule has 3 nitrogen and oxygen atoms in total. The number of hydrogen-bond acceptors (Lipinski definition) is 2. The number of nitrogens with one attached hydrogen (secondary N) is 1. The molecule has 0 aliphatic carbocycles. The first-order valence-electron chi connectivity index (χ1n) is 4.92. The van der Waals surface area contributed by atoms with Crippen molar-refractivity contribution in [3.63, 3.8) is 0 Å². The number of carbonyl (C=O) groups excluding carboxylic acids is 1. The molecule has 0 saturated carbocycles. The molecule has 0 spiro atoms. The van der Waals surface area contributed by atoms with E-state index in [2.05, 4.69) is 21.2 Å². The van der Waals surface area contributed by atoms with Gasteiger partial charge in [0.1, 0.15) is 5.82 Å². The highest BCUT2D eigenvalue weighted by Crippen LogP contribution is 2.25. The third kappa shape index (κ3) is 3.90. The summed E-state index contributed by atoms with van der Waals surface area (Å²) in [5.41, 5.74) is 0.137. The summed E-state index contributed by atoms with van der Waals surface area (Å²) in [7, 11) is 0. The summed E-state index contributed by atoms with van der Waals surface area (Å²) in [4.78, 5) is 11.4. The van der Waals surface area contributed by atoms with E-state index in [1.54, 1.807) is 19.1 Å². The van der Waals surface area contributed by atoms with Gasteiger partial charge in [-0.05, 0) is 41.4 Å². The first-order valence-corrected chi connectivity index (χ1v) is 5.72. The number of para-hydroxylation sites is 1. The zero-order valence-corrected chi connectivity index (χ0v) is 10.4. The van der Waals surface area contributed by atoms with Crippen molar-refractivity contribution < 1.29 is 14.3 Å². The molecular formula is C11H13BrFNO2. The molecule has 1 atom stereocenters. The van der Waals surface area contributed by atoms with Crippen molar-refractivity contribution in [2.24, 2.45) is 0 Å². The molecule has 1 amide bonds. The third-order valence-corrected chi connectivity index (χ3v) is 2.68. The van der Waals surface area contributed by atoms with Crippen LogP contribution in [-0.4, -0.2) is 17.1 Å². The lowest BCUT2D eigenvalue weighted by molar-refractivity contribution is -0.116. The summed E-state index contributed by atoms with van der Waals surface area (Å²) >= 11 is 3.15. The summed E-state index contributed by atoms with van der Waals surface area (Å²) in [6, 6.07) is 4.47. The SMILES string of the molecule is CC(O)CCC(=O)Nc1c(F)cccc1Br. The Balaban J connectivity index is 2.63. The molecule has 0 aliphatic rings. The average Bonchev–Trinajstić information content (AvgIpc) is 2.21. The highest BCUT2D eigenvalue weighted by Gasteiger charge is 2.10. The topological polar surface area (TPSA) is 49.3 Å². The van der Waals surface area contributed by atoms with Crippen LogP contribution in [0.4, 0.5) is 10.1 Å². The van der Waals surface area contributed by atoms with Gasteiger partial charge in [0.15, 0.2) is 0 Å². The van der Waals surface area contributed by atoms with Crippen molar-refractivity contribution in [2.75, 3.05) is 5.32 Å². The minimum atomic E-state index is -0.533. The van der Waals surface area contributed by atoms with Crippen molar-refractivity contribution in [3.05, 3.63) is 28.5 Å². The van der Waals surface area contributed by atoms with Crippen molar-refractivity contribution >= 4 is 27.5 Å². The van der Waals surface area contributed by atoms with E-state index in [1.807, 2.05) is 0 Å². The molecule has 1 aromatic rings. The Bertz CT molecular complexity index is 362. The smallest absolute Gasteiger partial charge is 0.224 e. The molecule has 5 heteroatoms. The van der Waals surface area contributed by atoms with Crippen LogP contribution in [0.25, 0.3) is 0 Å². The maximum atomic E-state index is 13.3. The van der Waals surface area contributed by atoms with E-state index in [4.69, 9.17) is 5.11 Å². The van der Waals surface area contributed by atoms with E-state index in [0.29, 0.717) is 10.9 Å². The minimum Gasteiger partial charge on any atom is -0.393 e. The number of benzene rings is 1. The van der Waals surface area contributed by atoms with Gasteiger partial charge in [0.05, 0.1) is 11.8 Å². The normalized spacial score (nSPS) is 12.2. The first kappa shape index (κ1) is 13.1. The van der Waals surface area contributed by atoms with Gasteiger partial charge in [0, 0.05) is 10.9 Å². The van der Waals surface area contributed by atoms with Gasteiger partial charge in [-0.15, -0.1) is 0 Å². The van der Waals surface area contributed by atoms with Gasteiger partial charge < -0.3 is 10.4 Å². The molecule has 16 heavy (non-hydrogen) atoms. The number of amides is 1. The first-order chi connectivity index (χ1) is 7.50. The number of carbonyl (C=O) groups is 1. The molecule has 0 fully saturated rings. The predicted molar refractivity (Wildman–Crippen MR) is 63.6 cm³/mol. The van der Waals surface area contributed by atoms with Gasteiger partial charge in [0.25, 0.3) is 0 Å². The van der Waals surface area contributed by atoms with Gasteiger partial charge in [-0.3, -0.25) is 4.79 Å². The molecule has 0 radical (unpaired) electrons. The molecule has 1 rings (SSSR count). The Hall–Kier alpha value is -0.940. The fraction of sp³-hybridized carbons (Fsp3) is 0.364. The Labute approximate surface area is 102 Å². The highest BCUT2D eigenvalue weighted by atomic mass is 79.9. The molecule has 0 aromatic heterocycles. The summed E-state index contributed by atoms with van der Waals surface area (Å²) < 4.78 is 13.8. The fourth-order valence-electron chi connectivity index (χ4n) is 1.16. The molecule has 0 bridgehead atoms. The third-order valence-electron chi connectivity index (χ3n) is 2.02. The average molecular weight is 290 g/mol. The largest absolute Gasteiger partial charge is 0.393 e. The lowest BCUT2D eigenvalue weighted by Crippen LogP contribution is -2.15. The fourth-order valence-corrected chi connectivity index (χ4v) is 1.60. The standard InChI is InChI=1S/C11H13BrFNO2/c1-7(15)5-6-10(16)14-11-8(12)3-2-4-9(11)13/h2-4,7,15H,5-6H2,1H3,(H,14,16). The van der Waals surface area contributed by atoms with Crippen LogP contribution in [-0.2, 0) is 4.79 Å². The van der Waals surface area contributed by atoms with Gasteiger partial charge in [-0.25, -0.2) is 4.39 Å². The van der Waals surface area contributed by atoms with Crippen LogP contribution in [0.2, 0.25) is 0 Å². The van der Waals surface area contributed by atoms with Crippen LogP contribution >= 0.6 is 15.9 Å². The van der Waals surface area contributed by atoms with Gasteiger partial charge >= 0.3 is 0 Å². The van der Waals surface area contributed by atoms with Crippen molar-refractivity contribution in [2.45, 2.75) is 25.9 Å². The van der Waals surface area contributed by atoms with Crippen molar-refractivity contribution in [3.8, 4) is 0 Å². The highest BCUT2D eigenvalue weighted by molar-refractivity contribution is 9.10. The Morgan fingerprint density at radius 3 is 2.88 bits per heavy atom. The number of hydrogen-bond donors (Lipinski definition) is 2. The van der Waals surface area contributed by atoms with E-state index in [1.165, 1.54) is 6.07 Å². The molecule has 88 valence electrons. The number of anilines is 1. The Kier molecular flexibility index (Phi) is 4.89. The van der Waals surface area contributed by atoms with E-state index in [9.17, 15) is 9.18 Å². The Morgan fingerprint density at radius 1 is 1.62 bits per heavy atom.